The third kappa shape index (κ3) is 4.48. The second-order valence-corrected chi connectivity index (χ2v) is 4.65. The van der Waals surface area contributed by atoms with Crippen molar-refractivity contribution in [3.8, 4) is 5.75 Å². The first-order valence-corrected chi connectivity index (χ1v) is 6.56. The molecule has 2 rings (SSSR count). The van der Waals surface area contributed by atoms with Gasteiger partial charge in [-0.15, -0.1) is 0 Å². The monoisotopic (exact) mass is 269 g/mol. The summed E-state index contributed by atoms with van der Waals surface area (Å²) in [5, 5.41) is 0. The number of likely N-dealkylation sites (N-methyl/N-ethyl adjacent to an activating group) is 1. The van der Waals surface area contributed by atoms with Gasteiger partial charge in [-0.05, 0) is 32.3 Å². The van der Waals surface area contributed by atoms with Gasteiger partial charge in [0.05, 0.1) is 11.9 Å². The average molecular weight is 269 g/mol. The smallest absolute Gasteiger partial charge is 0.126 e. The Morgan fingerprint density at radius 3 is 2.75 bits per heavy atom. The van der Waals surface area contributed by atoms with Gasteiger partial charge in [-0.3, -0.25) is 9.97 Å². The lowest BCUT2D eigenvalue weighted by Gasteiger charge is -2.12. The highest BCUT2D eigenvalue weighted by molar-refractivity contribution is 5.70. The Balaban J connectivity index is 2.06. The number of hydrogen-bond donors (Lipinski definition) is 0. The summed E-state index contributed by atoms with van der Waals surface area (Å²) in [7, 11) is 4.06. The van der Waals surface area contributed by atoms with E-state index in [0.717, 1.165) is 23.6 Å². The predicted molar refractivity (Wildman–Crippen MR) is 81.5 cm³/mol. The van der Waals surface area contributed by atoms with Crippen molar-refractivity contribution >= 4 is 12.2 Å². The van der Waals surface area contributed by atoms with E-state index in [1.807, 2.05) is 50.5 Å². The van der Waals surface area contributed by atoms with Crippen LogP contribution in [0.25, 0.3) is 12.2 Å². The minimum atomic E-state index is 0.670. The van der Waals surface area contributed by atoms with Gasteiger partial charge in [-0.1, -0.05) is 18.2 Å². The Bertz CT molecular complexity index is 553. The fourth-order valence-corrected chi connectivity index (χ4v) is 1.66. The minimum Gasteiger partial charge on any atom is -0.492 e. The van der Waals surface area contributed by atoms with Crippen LogP contribution in [0.5, 0.6) is 5.75 Å². The van der Waals surface area contributed by atoms with Gasteiger partial charge in [0.25, 0.3) is 0 Å². The molecule has 0 fully saturated rings. The highest BCUT2D eigenvalue weighted by atomic mass is 16.5. The van der Waals surface area contributed by atoms with E-state index in [-0.39, 0.29) is 0 Å². The second-order valence-electron chi connectivity index (χ2n) is 4.65. The molecular weight excluding hydrogens is 250 g/mol. The van der Waals surface area contributed by atoms with Crippen molar-refractivity contribution in [2.24, 2.45) is 0 Å². The van der Waals surface area contributed by atoms with E-state index in [4.69, 9.17) is 4.74 Å². The van der Waals surface area contributed by atoms with E-state index in [1.54, 1.807) is 18.6 Å². The number of nitrogens with zero attached hydrogens (tertiary/aromatic N) is 3. The summed E-state index contributed by atoms with van der Waals surface area (Å²) in [5.41, 5.74) is 1.87. The van der Waals surface area contributed by atoms with E-state index in [1.165, 1.54) is 0 Å². The van der Waals surface area contributed by atoms with Crippen LogP contribution >= 0.6 is 0 Å². The van der Waals surface area contributed by atoms with Crippen LogP contribution in [0.2, 0.25) is 0 Å². The van der Waals surface area contributed by atoms with Gasteiger partial charge in [-0.25, -0.2) is 0 Å². The normalized spacial score (nSPS) is 11.2. The fraction of sp³-hybridized carbons (Fsp3) is 0.250. The Morgan fingerprint density at radius 1 is 1.15 bits per heavy atom. The second kappa shape index (κ2) is 7.40. The maximum atomic E-state index is 5.81. The SMILES string of the molecule is CN(C)CCOc1ccccc1/C=C/c1cnccn1. The van der Waals surface area contributed by atoms with Gasteiger partial charge in [0.2, 0.25) is 0 Å². The summed E-state index contributed by atoms with van der Waals surface area (Å²) in [6.45, 7) is 1.56. The molecule has 0 aliphatic heterocycles. The highest BCUT2D eigenvalue weighted by Crippen LogP contribution is 2.20. The van der Waals surface area contributed by atoms with Crippen molar-refractivity contribution < 1.29 is 4.74 Å². The van der Waals surface area contributed by atoms with Crippen molar-refractivity contribution in [2.75, 3.05) is 27.2 Å². The quantitative estimate of drug-likeness (QED) is 0.808. The molecule has 0 N–H and O–H groups in total. The molecule has 1 aromatic carbocycles. The molecule has 0 saturated heterocycles. The van der Waals surface area contributed by atoms with E-state index in [9.17, 15) is 0 Å². The lowest BCUT2D eigenvalue weighted by molar-refractivity contribution is 0.261. The van der Waals surface area contributed by atoms with Gasteiger partial charge in [0, 0.05) is 24.5 Å². The van der Waals surface area contributed by atoms with Crippen molar-refractivity contribution in [1.82, 2.24) is 14.9 Å². The Labute approximate surface area is 119 Å². The van der Waals surface area contributed by atoms with Crippen LogP contribution in [0.15, 0.2) is 42.9 Å². The molecule has 0 aliphatic rings. The standard InChI is InChI=1S/C16H19N3O/c1-19(2)11-12-20-16-6-4-3-5-14(16)7-8-15-13-17-9-10-18-15/h3-10,13H,11-12H2,1-2H3/b8-7+. The predicted octanol–water partition coefficient (Wildman–Crippen LogP) is 2.59. The molecule has 2 aromatic rings. The maximum absolute atomic E-state index is 5.81. The lowest BCUT2D eigenvalue weighted by Crippen LogP contribution is -2.19. The van der Waals surface area contributed by atoms with Crippen molar-refractivity contribution in [2.45, 2.75) is 0 Å². The molecule has 1 aromatic heterocycles. The number of rotatable bonds is 6. The third-order valence-corrected chi connectivity index (χ3v) is 2.73. The topological polar surface area (TPSA) is 38.2 Å². The molecule has 0 saturated carbocycles. The molecule has 0 radical (unpaired) electrons. The zero-order chi connectivity index (χ0) is 14.2. The minimum absolute atomic E-state index is 0.670. The summed E-state index contributed by atoms with van der Waals surface area (Å²) >= 11 is 0. The summed E-state index contributed by atoms with van der Waals surface area (Å²) in [6, 6.07) is 7.98. The van der Waals surface area contributed by atoms with Crippen molar-refractivity contribution in [3.05, 3.63) is 54.1 Å². The summed E-state index contributed by atoms with van der Waals surface area (Å²) < 4.78 is 5.81. The fourth-order valence-electron chi connectivity index (χ4n) is 1.66. The third-order valence-electron chi connectivity index (χ3n) is 2.73. The molecule has 0 atom stereocenters. The molecule has 4 heteroatoms. The number of benzene rings is 1. The summed E-state index contributed by atoms with van der Waals surface area (Å²) in [4.78, 5) is 10.3. The van der Waals surface area contributed by atoms with Crippen molar-refractivity contribution in [1.29, 1.82) is 0 Å². The van der Waals surface area contributed by atoms with Crippen LogP contribution in [0.1, 0.15) is 11.3 Å². The number of para-hydroxylation sites is 1. The Hall–Kier alpha value is -2.20. The largest absolute Gasteiger partial charge is 0.492 e. The van der Waals surface area contributed by atoms with Crippen LogP contribution < -0.4 is 4.74 Å². The van der Waals surface area contributed by atoms with Crippen LogP contribution in [-0.2, 0) is 0 Å². The van der Waals surface area contributed by atoms with Gasteiger partial charge in [0.1, 0.15) is 12.4 Å². The average Bonchev–Trinajstić information content (AvgIpc) is 2.47. The zero-order valence-electron chi connectivity index (χ0n) is 11.9. The molecule has 20 heavy (non-hydrogen) atoms. The molecule has 0 bridgehead atoms. The van der Waals surface area contributed by atoms with Gasteiger partial charge >= 0.3 is 0 Å². The number of aromatic nitrogens is 2. The van der Waals surface area contributed by atoms with Crippen LogP contribution in [0, 0.1) is 0 Å². The van der Waals surface area contributed by atoms with Gasteiger partial charge < -0.3 is 9.64 Å². The lowest BCUT2D eigenvalue weighted by atomic mass is 10.2. The number of ether oxygens (including phenoxy) is 1. The van der Waals surface area contributed by atoms with E-state index in [0.29, 0.717) is 6.61 Å². The van der Waals surface area contributed by atoms with Crippen LogP contribution in [0.3, 0.4) is 0 Å². The van der Waals surface area contributed by atoms with Gasteiger partial charge in [-0.2, -0.15) is 0 Å². The zero-order valence-corrected chi connectivity index (χ0v) is 11.9. The Morgan fingerprint density at radius 2 is 2.00 bits per heavy atom. The highest BCUT2D eigenvalue weighted by Gasteiger charge is 2.00. The summed E-state index contributed by atoms with van der Waals surface area (Å²) in [6.07, 6.45) is 9.00. The van der Waals surface area contributed by atoms with Crippen LogP contribution in [-0.4, -0.2) is 42.1 Å². The Kier molecular flexibility index (Phi) is 5.26. The van der Waals surface area contributed by atoms with E-state index < -0.39 is 0 Å². The molecular formula is C16H19N3O. The first kappa shape index (κ1) is 14.2. The van der Waals surface area contributed by atoms with Crippen molar-refractivity contribution in [3.63, 3.8) is 0 Å². The molecule has 1 heterocycles. The van der Waals surface area contributed by atoms with Crippen LogP contribution in [0.4, 0.5) is 0 Å². The molecule has 0 spiro atoms. The number of hydrogen-bond acceptors (Lipinski definition) is 4. The molecule has 0 amide bonds. The molecule has 0 aliphatic carbocycles. The first-order valence-electron chi connectivity index (χ1n) is 6.56. The first-order chi connectivity index (χ1) is 9.75. The molecule has 4 nitrogen and oxygen atoms in total. The maximum Gasteiger partial charge on any atom is 0.126 e. The molecule has 104 valence electrons. The van der Waals surface area contributed by atoms with Gasteiger partial charge in [0.15, 0.2) is 0 Å². The molecule has 0 unspecified atom stereocenters. The van der Waals surface area contributed by atoms with E-state index in [2.05, 4.69) is 14.9 Å². The van der Waals surface area contributed by atoms with E-state index >= 15 is 0 Å². The summed E-state index contributed by atoms with van der Waals surface area (Å²) in [5.74, 6) is 0.884.